The lowest BCUT2D eigenvalue weighted by atomic mass is 10.1. The zero-order valence-electron chi connectivity index (χ0n) is 14.7. The number of nitrogens with zero attached hydrogens (tertiary/aromatic N) is 1. The van der Waals surface area contributed by atoms with Gasteiger partial charge >= 0.3 is 5.97 Å². The number of hydrogen-bond donors (Lipinski definition) is 0. The lowest BCUT2D eigenvalue weighted by Crippen LogP contribution is -2.43. The van der Waals surface area contributed by atoms with E-state index < -0.39 is 12.1 Å². The molecule has 0 saturated carbocycles. The number of anilines is 1. The fourth-order valence-corrected chi connectivity index (χ4v) is 3.14. The number of carbonyl (C=O) groups excluding carboxylic acids is 2. The van der Waals surface area contributed by atoms with Crippen molar-refractivity contribution in [1.82, 2.24) is 0 Å². The molecular formula is C21H20FNO3. The van der Waals surface area contributed by atoms with E-state index in [1.54, 1.807) is 24.0 Å². The summed E-state index contributed by atoms with van der Waals surface area (Å²) in [6.45, 7) is 3.53. The Bertz CT molecular complexity index is 862. The van der Waals surface area contributed by atoms with Gasteiger partial charge in [0.1, 0.15) is 5.82 Å². The minimum atomic E-state index is -0.909. The molecule has 4 nitrogen and oxygen atoms in total. The normalized spacial score (nSPS) is 17.2. The van der Waals surface area contributed by atoms with Gasteiger partial charge in [0, 0.05) is 17.8 Å². The van der Waals surface area contributed by atoms with Gasteiger partial charge in [-0.2, -0.15) is 0 Å². The average Bonchev–Trinajstić information content (AvgIpc) is 2.95. The molecule has 0 N–H and O–H groups in total. The monoisotopic (exact) mass is 353 g/mol. The lowest BCUT2D eigenvalue weighted by molar-refractivity contribution is -0.149. The van der Waals surface area contributed by atoms with Crippen LogP contribution in [0.2, 0.25) is 0 Å². The predicted molar refractivity (Wildman–Crippen MR) is 98.1 cm³/mol. The Hall–Kier alpha value is -2.95. The molecule has 2 aromatic carbocycles. The van der Waals surface area contributed by atoms with E-state index in [2.05, 4.69) is 0 Å². The molecule has 0 unspecified atom stereocenters. The van der Waals surface area contributed by atoms with Crippen LogP contribution in [0.1, 0.15) is 25.0 Å². The topological polar surface area (TPSA) is 46.6 Å². The lowest BCUT2D eigenvalue weighted by Gasteiger charge is -2.25. The molecule has 134 valence electrons. The molecule has 0 spiro atoms. The van der Waals surface area contributed by atoms with Crippen molar-refractivity contribution >= 4 is 23.6 Å². The molecule has 1 aliphatic rings. The molecule has 0 radical (unpaired) electrons. The van der Waals surface area contributed by atoms with Crippen molar-refractivity contribution in [1.29, 1.82) is 0 Å². The average molecular weight is 353 g/mol. The fourth-order valence-electron chi connectivity index (χ4n) is 3.14. The molecule has 0 bridgehead atoms. The number of para-hydroxylation sites is 1. The van der Waals surface area contributed by atoms with Gasteiger partial charge in [-0.15, -0.1) is 0 Å². The van der Waals surface area contributed by atoms with Crippen LogP contribution in [0.15, 0.2) is 54.6 Å². The number of benzene rings is 2. The van der Waals surface area contributed by atoms with Gasteiger partial charge in [0.05, 0.1) is 0 Å². The third kappa shape index (κ3) is 3.82. The van der Waals surface area contributed by atoms with E-state index in [0.29, 0.717) is 5.56 Å². The Balaban J connectivity index is 1.65. The molecule has 1 heterocycles. The minimum absolute atomic E-state index is 0.0175. The number of halogens is 1. The Morgan fingerprint density at radius 1 is 1.23 bits per heavy atom. The van der Waals surface area contributed by atoms with Crippen molar-refractivity contribution in [2.75, 3.05) is 4.90 Å². The zero-order chi connectivity index (χ0) is 18.7. The van der Waals surface area contributed by atoms with Crippen LogP contribution in [0.5, 0.6) is 0 Å². The smallest absolute Gasteiger partial charge is 0.331 e. The first-order valence-corrected chi connectivity index (χ1v) is 8.51. The Labute approximate surface area is 151 Å². The minimum Gasteiger partial charge on any atom is -0.449 e. The van der Waals surface area contributed by atoms with Crippen LogP contribution in [-0.4, -0.2) is 24.0 Å². The molecule has 0 aromatic heterocycles. The van der Waals surface area contributed by atoms with E-state index in [1.165, 1.54) is 24.3 Å². The van der Waals surface area contributed by atoms with Crippen LogP contribution >= 0.6 is 0 Å². The highest BCUT2D eigenvalue weighted by Crippen LogP contribution is 2.32. The van der Waals surface area contributed by atoms with Crippen LogP contribution in [0, 0.1) is 5.82 Å². The summed E-state index contributed by atoms with van der Waals surface area (Å²) in [6.07, 6.45) is 2.52. The fraction of sp³-hybridized carbons (Fsp3) is 0.238. The molecule has 5 heteroatoms. The van der Waals surface area contributed by atoms with Gasteiger partial charge in [-0.05, 0) is 55.7 Å². The summed E-state index contributed by atoms with van der Waals surface area (Å²) in [5.74, 6) is -1.28. The summed E-state index contributed by atoms with van der Waals surface area (Å²) in [6, 6.07) is 13.6. The number of hydrogen-bond acceptors (Lipinski definition) is 3. The maximum atomic E-state index is 13.1. The summed E-state index contributed by atoms with van der Waals surface area (Å²) >= 11 is 0. The van der Waals surface area contributed by atoms with E-state index in [0.717, 1.165) is 17.7 Å². The van der Waals surface area contributed by atoms with E-state index in [-0.39, 0.29) is 17.8 Å². The largest absolute Gasteiger partial charge is 0.449 e. The van der Waals surface area contributed by atoms with E-state index >= 15 is 0 Å². The summed E-state index contributed by atoms with van der Waals surface area (Å²) in [5, 5.41) is 0. The molecule has 0 aliphatic carbocycles. The molecule has 0 saturated heterocycles. The van der Waals surface area contributed by atoms with E-state index in [1.807, 2.05) is 31.2 Å². The number of fused-ring (bicyclic) bond motifs is 1. The zero-order valence-corrected chi connectivity index (χ0v) is 14.7. The molecular weight excluding hydrogens is 333 g/mol. The molecule has 3 rings (SSSR count). The number of rotatable bonds is 4. The van der Waals surface area contributed by atoms with Crippen molar-refractivity contribution in [3.8, 4) is 0 Å². The second-order valence-electron chi connectivity index (χ2n) is 6.36. The first-order valence-electron chi connectivity index (χ1n) is 8.51. The highest BCUT2D eigenvalue weighted by Gasteiger charge is 2.34. The molecule has 0 fully saturated rings. The molecule has 26 heavy (non-hydrogen) atoms. The van der Waals surface area contributed by atoms with Gasteiger partial charge in [0.2, 0.25) is 0 Å². The maximum absolute atomic E-state index is 13.1. The van der Waals surface area contributed by atoms with E-state index in [4.69, 9.17) is 4.74 Å². The molecule has 1 aliphatic heterocycles. The first kappa shape index (κ1) is 17.9. The van der Waals surface area contributed by atoms with Crippen molar-refractivity contribution in [3.63, 3.8) is 0 Å². The summed E-state index contributed by atoms with van der Waals surface area (Å²) < 4.78 is 18.4. The standard InChI is InChI=1S/C21H20FNO3/c1-14-12-17-7-3-4-9-19(17)23(14)21(25)15(2)26-20(24)11-10-16-6-5-8-18(22)13-16/h3-11,13-15H,12H2,1-2H3/b11-10+/t14-,15+/m1/s1. The number of esters is 1. The highest BCUT2D eigenvalue weighted by atomic mass is 19.1. The van der Waals surface area contributed by atoms with E-state index in [9.17, 15) is 14.0 Å². The quantitative estimate of drug-likeness (QED) is 0.621. The van der Waals surface area contributed by atoms with Gasteiger partial charge in [0.25, 0.3) is 5.91 Å². The van der Waals surface area contributed by atoms with Crippen LogP contribution < -0.4 is 4.90 Å². The Kier molecular flexibility index (Phi) is 5.16. The van der Waals surface area contributed by atoms with Crippen LogP contribution in [0.25, 0.3) is 6.08 Å². The molecule has 1 amide bonds. The second-order valence-corrected chi connectivity index (χ2v) is 6.36. The number of ether oxygens (including phenoxy) is 1. The highest BCUT2D eigenvalue weighted by molar-refractivity contribution is 6.00. The van der Waals surface area contributed by atoms with Gasteiger partial charge in [-0.1, -0.05) is 30.3 Å². The van der Waals surface area contributed by atoms with Crippen LogP contribution in [-0.2, 0) is 20.7 Å². The van der Waals surface area contributed by atoms with Gasteiger partial charge in [-0.3, -0.25) is 4.79 Å². The van der Waals surface area contributed by atoms with Crippen molar-refractivity contribution in [2.45, 2.75) is 32.4 Å². The summed E-state index contributed by atoms with van der Waals surface area (Å²) in [5.41, 5.74) is 2.52. The number of carbonyl (C=O) groups is 2. The maximum Gasteiger partial charge on any atom is 0.331 e. The molecule has 2 aromatic rings. The summed E-state index contributed by atoms with van der Waals surface area (Å²) in [7, 11) is 0. The second kappa shape index (κ2) is 7.52. The third-order valence-corrected chi connectivity index (χ3v) is 4.35. The number of amides is 1. The van der Waals surface area contributed by atoms with Crippen molar-refractivity contribution in [2.24, 2.45) is 0 Å². The Morgan fingerprint density at radius 3 is 2.77 bits per heavy atom. The third-order valence-electron chi connectivity index (χ3n) is 4.35. The summed E-state index contributed by atoms with van der Waals surface area (Å²) in [4.78, 5) is 26.4. The van der Waals surface area contributed by atoms with Crippen LogP contribution in [0.3, 0.4) is 0 Å². The molecule has 2 atom stereocenters. The van der Waals surface area contributed by atoms with Crippen LogP contribution in [0.4, 0.5) is 10.1 Å². The van der Waals surface area contributed by atoms with Gasteiger partial charge in [-0.25, -0.2) is 9.18 Å². The predicted octanol–water partition coefficient (Wildman–Crippen LogP) is 3.75. The van der Waals surface area contributed by atoms with Gasteiger partial charge < -0.3 is 9.64 Å². The van der Waals surface area contributed by atoms with Crippen molar-refractivity contribution < 1.29 is 18.7 Å². The SMILES string of the molecule is C[C@H](OC(=O)/C=C/c1cccc(F)c1)C(=O)N1c2ccccc2C[C@H]1C. The van der Waals surface area contributed by atoms with Crippen molar-refractivity contribution in [3.05, 3.63) is 71.6 Å². The Morgan fingerprint density at radius 2 is 2.00 bits per heavy atom. The van der Waals surface area contributed by atoms with Gasteiger partial charge in [0.15, 0.2) is 6.10 Å². The first-order chi connectivity index (χ1) is 12.5.